The smallest absolute Gasteiger partial charge is 0.0246 e. The second-order valence-electron chi connectivity index (χ2n) is 3.43. The summed E-state index contributed by atoms with van der Waals surface area (Å²) in [5.74, 6) is 0. The van der Waals surface area contributed by atoms with Gasteiger partial charge in [-0.15, -0.1) is 6.42 Å². The molecule has 0 spiro atoms. The molecule has 1 radical (unpaired) electrons. The van der Waals surface area contributed by atoms with Crippen LogP contribution in [-0.2, 0) is 4.74 Å². The number of rotatable bonds is 1. The quantitative estimate of drug-likeness (QED) is 0.683. The fraction of sp³-hybridized carbons (Fsp3) is 0.889. The van der Waals surface area contributed by atoms with Crippen LogP contribution in [-0.4, -0.2) is 30.6 Å². The maximum absolute atomic E-state index is 5.46. The molecule has 1 heterocycles. The molecule has 0 bridgehead atoms. The van der Waals surface area contributed by atoms with Crippen LogP contribution in [0, 0.1) is 55.5 Å². The maximum Gasteiger partial charge on any atom is 0.0246 e. The standard InChI is InChI=1S/C9H18NO.Eu/c1-8(2)10-5-4-9(3)11-7-6-10;/h8H,4-7H2,1-3H3;/q-1;. The Morgan fingerprint density at radius 2 is 2.00 bits per heavy atom. The molecule has 0 amide bonds. The average molecular weight is 308 g/mol. The SMILES string of the molecule is C[C-]1CCN(C(C)C)CCO1.[Eu]. The first-order valence-electron chi connectivity index (χ1n) is 4.39. The van der Waals surface area contributed by atoms with E-state index in [1.165, 1.54) is 6.10 Å². The Morgan fingerprint density at radius 3 is 2.58 bits per heavy atom. The zero-order valence-electron chi connectivity index (χ0n) is 8.14. The summed E-state index contributed by atoms with van der Waals surface area (Å²) in [5, 5.41) is 0. The molecule has 0 aliphatic carbocycles. The van der Waals surface area contributed by atoms with Crippen LogP contribution < -0.4 is 0 Å². The van der Waals surface area contributed by atoms with Gasteiger partial charge in [-0.2, -0.15) is 13.0 Å². The van der Waals surface area contributed by atoms with Crippen LogP contribution in [0.1, 0.15) is 27.2 Å². The number of hydrogen-bond acceptors (Lipinski definition) is 2. The van der Waals surface area contributed by atoms with Crippen molar-refractivity contribution in [2.45, 2.75) is 33.2 Å². The summed E-state index contributed by atoms with van der Waals surface area (Å²) in [6.45, 7) is 9.65. The molecule has 1 aliphatic rings. The first kappa shape index (κ1) is 13.5. The minimum absolute atomic E-state index is 0. The molecule has 0 aromatic rings. The van der Waals surface area contributed by atoms with Crippen LogP contribution in [0.25, 0.3) is 0 Å². The Bertz CT molecular complexity index is 119. The van der Waals surface area contributed by atoms with Gasteiger partial charge in [-0.05, 0) is 20.4 Å². The van der Waals surface area contributed by atoms with Crippen molar-refractivity contribution in [3.8, 4) is 0 Å². The molecule has 12 heavy (non-hydrogen) atoms. The minimum Gasteiger partial charge on any atom is -0.548 e. The molecule has 3 heteroatoms. The fourth-order valence-electron chi connectivity index (χ4n) is 1.34. The van der Waals surface area contributed by atoms with Gasteiger partial charge in [0.1, 0.15) is 0 Å². The molecule has 1 aliphatic heterocycles. The van der Waals surface area contributed by atoms with Gasteiger partial charge in [0.15, 0.2) is 0 Å². The van der Waals surface area contributed by atoms with Gasteiger partial charge in [0.05, 0.1) is 0 Å². The van der Waals surface area contributed by atoms with E-state index in [9.17, 15) is 0 Å². The van der Waals surface area contributed by atoms with Crippen LogP contribution in [0.4, 0.5) is 0 Å². The summed E-state index contributed by atoms with van der Waals surface area (Å²) >= 11 is 0. The predicted octanol–water partition coefficient (Wildman–Crippen LogP) is 1.67. The van der Waals surface area contributed by atoms with Gasteiger partial charge < -0.3 is 9.64 Å². The van der Waals surface area contributed by atoms with Crippen LogP contribution in [0.15, 0.2) is 0 Å². The molecule has 0 saturated carbocycles. The Balaban J connectivity index is 0.00000121. The predicted molar refractivity (Wildman–Crippen MR) is 46.2 cm³/mol. The molecule has 73 valence electrons. The second kappa shape index (κ2) is 6.88. The van der Waals surface area contributed by atoms with Gasteiger partial charge in [0, 0.05) is 68.6 Å². The van der Waals surface area contributed by atoms with Gasteiger partial charge in [-0.1, -0.05) is 0 Å². The van der Waals surface area contributed by atoms with E-state index in [-0.39, 0.29) is 49.4 Å². The van der Waals surface area contributed by atoms with Crippen molar-refractivity contribution < 1.29 is 54.1 Å². The Labute approximate surface area is 117 Å². The summed E-state index contributed by atoms with van der Waals surface area (Å²) in [6, 6.07) is 0.657. The number of hydrogen-bond donors (Lipinski definition) is 0. The maximum atomic E-state index is 5.46. The summed E-state index contributed by atoms with van der Waals surface area (Å²) in [4.78, 5) is 2.45. The van der Waals surface area contributed by atoms with Crippen molar-refractivity contribution in [3.63, 3.8) is 0 Å². The molecule has 1 fully saturated rings. The van der Waals surface area contributed by atoms with Crippen LogP contribution in [0.3, 0.4) is 0 Å². The van der Waals surface area contributed by atoms with Crippen molar-refractivity contribution in [1.82, 2.24) is 4.90 Å². The first-order chi connectivity index (χ1) is 5.20. The molecule has 1 rings (SSSR count). The molecule has 0 unspecified atom stereocenters. The largest absolute Gasteiger partial charge is 0.548 e. The van der Waals surface area contributed by atoms with Gasteiger partial charge in [-0.25, -0.2) is 0 Å². The molecule has 2 nitrogen and oxygen atoms in total. The third kappa shape index (κ3) is 4.66. The van der Waals surface area contributed by atoms with Crippen molar-refractivity contribution >= 4 is 0 Å². The van der Waals surface area contributed by atoms with E-state index >= 15 is 0 Å². The van der Waals surface area contributed by atoms with E-state index in [1.54, 1.807) is 0 Å². The molecule has 0 atom stereocenters. The molecule has 0 aromatic heterocycles. The summed E-state index contributed by atoms with van der Waals surface area (Å²) < 4.78 is 5.46. The van der Waals surface area contributed by atoms with Crippen molar-refractivity contribution in [2.75, 3.05) is 19.7 Å². The number of ether oxygens (including phenoxy) is 1. The van der Waals surface area contributed by atoms with Crippen LogP contribution in [0.2, 0.25) is 0 Å². The molecular formula is C9H18EuNO-. The van der Waals surface area contributed by atoms with E-state index in [2.05, 4.69) is 25.7 Å². The number of nitrogens with zero attached hydrogens (tertiary/aromatic N) is 1. The van der Waals surface area contributed by atoms with Crippen molar-refractivity contribution in [3.05, 3.63) is 6.10 Å². The Morgan fingerprint density at radius 1 is 1.33 bits per heavy atom. The molecule has 1 saturated heterocycles. The van der Waals surface area contributed by atoms with E-state index in [1.807, 2.05) is 0 Å². The van der Waals surface area contributed by atoms with Crippen LogP contribution >= 0.6 is 0 Å². The molecule has 0 aromatic carbocycles. The first-order valence-corrected chi connectivity index (χ1v) is 4.39. The van der Waals surface area contributed by atoms with Crippen molar-refractivity contribution in [1.29, 1.82) is 0 Å². The van der Waals surface area contributed by atoms with E-state index in [4.69, 9.17) is 4.74 Å². The zero-order valence-corrected chi connectivity index (χ0v) is 10.6. The third-order valence-electron chi connectivity index (χ3n) is 2.21. The monoisotopic (exact) mass is 309 g/mol. The third-order valence-corrected chi connectivity index (χ3v) is 2.21. The average Bonchev–Trinajstić information content (AvgIpc) is 2.13. The fourth-order valence-corrected chi connectivity index (χ4v) is 1.34. The Hall–Kier alpha value is 1.50. The summed E-state index contributed by atoms with van der Waals surface area (Å²) in [7, 11) is 0. The van der Waals surface area contributed by atoms with Gasteiger partial charge in [0.25, 0.3) is 0 Å². The minimum atomic E-state index is 0. The van der Waals surface area contributed by atoms with Gasteiger partial charge >= 0.3 is 0 Å². The molecular weight excluding hydrogens is 290 g/mol. The topological polar surface area (TPSA) is 12.5 Å². The van der Waals surface area contributed by atoms with E-state index in [0.29, 0.717) is 6.04 Å². The van der Waals surface area contributed by atoms with E-state index in [0.717, 1.165) is 26.1 Å². The van der Waals surface area contributed by atoms with Gasteiger partial charge in [0.2, 0.25) is 0 Å². The molecule has 0 N–H and O–H groups in total. The zero-order chi connectivity index (χ0) is 8.27. The normalized spacial score (nSPS) is 22.0. The second-order valence-corrected chi connectivity index (χ2v) is 3.43. The van der Waals surface area contributed by atoms with Crippen LogP contribution in [0.5, 0.6) is 0 Å². The Kier molecular flexibility index (Phi) is 7.75. The van der Waals surface area contributed by atoms with E-state index < -0.39 is 0 Å². The summed E-state index contributed by atoms with van der Waals surface area (Å²) in [5.41, 5.74) is 0. The van der Waals surface area contributed by atoms with Gasteiger partial charge in [-0.3, -0.25) is 0 Å². The summed E-state index contributed by atoms with van der Waals surface area (Å²) in [6.07, 6.45) is 2.28. The van der Waals surface area contributed by atoms with Crippen molar-refractivity contribution in [2.24, 2.45) is 0 Å².